The number of nitriles is 1. The van der Waals surface area contributed by atoms with E-state index in [2.05, 4.69) is 0 Å². The van der Waals surface area contributed by atoms with E-state index in [1.165, 1.54) is 4.90 Å². The highest BCUT2D eigenvalue weighted by atomic mass is 16.6. The van der Waals surface area contributed by atoms with Crippen molar-refractivity contribution in [2.45, 2.75) is 0 Å². The first-order chi connectivity index (χ1) is 12.6. The van der Waals surface area contributed by atoms with Crippen molar-refractivity contribution in [2.75, 3.05) is 31.8 Å². The number of para-hydroxylation sites is 1. The summed E-state index contributed by atoms with van der Waals surface area (Å²) in [6, 6.07) is 17.3. The zero-order valence-corrected chi connectivity index (χ0v) is 14.3. The van der Waals surface area contributed by atoms with Crippen molar-refractivity contribution in [3.63, 3.8) is 0 Å². The number of ether oxygens (including phenoxy) is 3. The van der Waals surface area contributed by atoms with Gasteiger partial charge in [-0.3, -0.25) is 9.69 Å². The van der Waals surface area contributed by atoms with Gasteiger partial charge >= 0.3 is 5.97 Å². The molecule has 0 aliphatic carbocycles. The lowest BCUT2D eigenvalue weighted by atomic mass is 10.3. The summed E-state index contributed by atoms with van der Waals surface area (Å²) in [7, 11) is 1.55. The molecule has 2 aromatic carbocycles. The van der Waals surface area contributed by atoms with E-state index in [0.29, 0.717) is 17.2 Å². The van der Waals surface area contributed by atoms with E-state index in [1.807, 2.05) is 6.07 Å². The van der Waals surface area contributed by atoms with E-state index in [0.717, 1.165) is 0 Å². The third-order valence-corrected chi connectivity index (χ3v) is 3.37. The van der Waals surface area contributed by atoms with E-state index < -0.39 is 18.5 Å². The number of esters is 1. The Kier molecular flexibility index (Phi) is 7.01. The lowest BCUT2D eigenvalue weighted by Gasteiger charge is -2.19. The lowest BCUT2D eigenvalue weighted by Crippen LogP contribution is -2.35. The van der Waals surface area contributed by atoms with Crippen LogP contribution in [0.1, 0.15) is 0 Å². The molecule has 0 spiro atoms. The summed E-state index contributed by atoms with van der Waals surface area (Å²) < 4.78 is 15.2. The molecule has 0 aliphatic rings. The van der Waals surface area contributed by atoms with Crippen molar-refractivity contribution < 1.29 is 23.8 Å². The van der Waals surface area contributed by atoms with E-state index in [-0.39, 0.29) is 13.2 Å². The molecule has 7 nitrogen and oxygen atoms in total. The summed E-state index contributed by atoms with van der Waals surface area (Å²) in [6.45, 7) is -0.937. The number of anilines is 1. The molecule has 0 radical (unpaired) electrons. The van der Waals surface area contributed by atoms with Gasteiger partial charge < -0.3 is 14.2 Å². The average Bonchev–Trinajstić information content (AvgIpc) is 2.69. The minimum Gasteiger partial charge on any atom is -0.497 e. The monoisotopic (exact) mass is 354 g/mol. The molecule has 0 bridgehead atoms. The number of hydrogen-bond acceptors (Lipinski definition) is 6. The Balaban J connectivity index is 1.83. The predicted molar refractivity (Wildman–Crippen MR) is 93.9 cm³/mol. The maximum Gasteiger partial charge on any atom is 0.344 e. The molecule has 1 amide bonds. The number of benzene rings is 2. The van der Waals surface area contributed by atoms with Gasteiger partial charge in [0.2, 0.25) is 0 Å². The van der Waals surface area contributed by atoms with Gasteiger partial charge in [0.05, 0.1) is 13.2 Å². The quantitative estimate of drug-likeness (QED) is 0.533. The Morgan fingerprint density at radius 2 is 1.65 bits per heavy atom. The van der Waals surface area contributed by atoms with E-state index in [1.54, 1.807) is 61.7 Å². The standard InChI is InChI=1S/C19H18N2O5/c1-24-16-7-9-17(10-8-16)25-14-19(23)26-13-18(22)21(12-11-20)15-5-3-2-4-6-15/h2-10H,12-14H2,1H3. The minimum atomic E-state index is -0.681. The van der Waals surface area contributed by atoms with Crippen LogP contribution in [0.5, 0.6) is 11.5 Å². The molecule has 0 saturated heterocycles. The molecule has 0 saturated carbocycles. The molecule has 0 unspecified atom stereocenters. The van der Waals surface area contributed by atoms with Crippen molar-refractivity contribution >= 4 is 17.6 Å². The molecule has 134 valence electrons. The zero-order chi connectivity index (χ0) is 18.8. The molecule has 2 rings (SSSR count). The summed E-state index contributed by atoms with van der Waals surface area (Å²) in [5, 5.41) is 8.89. The molecular formula is C19H18N2O5. The largest absolute Gasteiger partial charge is 0.497 e. The van der Waals surface area contributed by atoms with Crippen LogP contribution in [-0.2, 0) is 14.3 Å². The van der Waals surface area contributed by atoms with Gasteiger partial charge in [-0.25, -0.2) is 4.79 Å². The van der Waals surface area contributed by atoms with Crippen LogP contribution in [-0.4, -0.2) is 38.7 Å². The predicted octanol–water partition coefficient (Wildman–Crippen LogP) is 2.17. The first-order valence-corrected chi connectivity index (χ1v) is 7.79. The second-order valence-electron chi connectivity index (χ2n) is 5.10. The fourth-order valence-corrected chi connectivity index (χ4v) is 2.08. The number of hydrogen-bond donors (Lipinski definition) is 0. The summed E-state index contributed by atoms with van der Waals surface area (Å²) in [6.07, 6.45) is 0. The second kappa shape index (κ2) is 9.69. The molecule has 0 N–H and O–H groups in total. The van der Waals surface area contributed by atoms with Gasteiger partial charge in [0.15, 0.2) is 13.2 Å². The van der Waals surface area contributed by atoms with Crippen LogP contribution < -0.4 is 14.4 Å². The van der Waals surface area contributed by atoms with Gasteiger partial charge in [0.1, 0.15) is 18.0 Å². The van der Waals surface area contributed by atoms with Gasteiger partial charge in [0.25, 0.3) is 5.91 Å². The molecule has 0 heterocycles. The van der Waals surface area contributed by atoms with Crippen LogP contribution in [0.2, 0.25) is 0 Å². The molecule has 0 fully saturated rings. The maximum atomic E-state index is 12.2. The number of amides is 1. The highest BCUT2D eigenvalue weighted by molar-refractivity contribution is 5.95. The smallest absolute Gasteiger partial charge is 0.344 e. The van der Waals surface area contributed by atoms with Crippen LogP contribution in [0.3, 0.4) is 0 Å². The van der Waals surface area contributed by atoms with E-state index in [9.17, 15) is 9.59 Å². The summed E-state index contributed by atoms with van der Waals surface area (Å²) in [5.74, 6) is -0.0248. The first kappa shape index (κ1) is 18.8. The van der Waals surface area contributed by atoms with Gasteiger partial charge in [-0.2, -0.15) is 5.26 Å². The van der Waals surface area contributed by atoms with Crippen LogP contribution in [0.25, 0.3) is 0 Å². The van der Waals surface area contributed by atoms with E-state index >= 15 is 0 Å². The van der Waals surface area contributed by atoms with Crippen LogP contribution in [0.15, 0.2) is 54.6 Å². The van der Waals surface area contributed by atoms with Gasteiger partial charge in [0, 0.05) is 5.69 Å². The number of methoxy groups -OCH3 is 1. The molecule has 0 aromatic heterocycles. The molecular weight excluding hydrogens is 336 g/mol. The number of nitrogens with zero attached hydrogens (tertiary/aromatic N) is 2. The van der Waals surface area contributed by atoms with Crippen molar-refractivity contribution in [2.24, 2.45) is 0 Å². The Labute approximate surface area is 151 Å². The van der Waals surface area contributed by atoms with Crippen molar-refractivity contribution in [1.82, 2.24) is 0 Å². The fourth-order valence-electron chi connectivity index (χ4n) is 2.08. The molecule has 2 aromatic rings. The topological polar surface area (TPSA) is 88.9 Å². The number of carbonyl (C=O) groups is 2. The summed E-state index contributed by atoms with van der Waals surface area (Å²) in [4.78, 5) is 25.2. The van der Waals surface area contributed by atoms with Crippen LogP contribution in [0, 0.1) is 11.3 Å². The Bertz CT molecular complexity index is 769. The highest BCUT2D eigenvalue weighted by Crippen LogP contribution is 2.17. The van der Waals surface area contributed by atoms with Crippen LogP contribution in [0.4, 0.5) is 5.69 Å². The summed E-state index contributed by atoms with van der Waals surface area (Å²) in [5.41, 5.74) is 0.560. The first-order valence-electron chi connectivity index (χ1n) is 7.79. The highest BCUT2D eigenvalue weighted by Gasteiger charge is 2.17. The molecule has 7 heteroatoms. The van der Waals surface area contributed by atoms with Gasteiger partial charge in [-0.15, -0.1) is 0 Å². The minimum absolute atomic E-state index is 0.136. The SMILES string of the molecule is COc1ccc(OCC(=O)OCC(=O)N(CC#N)c2ccccc2)cc1. The zero-order valence-electron chi connectivity index (χ0n) is 14.3. The lowest BCUT2D eigenvalue weighted by molar-refractivity contribution is -0.149. The Morgan fingerprint density at radius 1 is 1.00 bits per heavy atom. The Hall–Kier alpha value is -3.53. The fraction of sp³-hybridized carbons (Fsp3) is 0.211. The van der Waals surface area contributed by atoms with Gasteiger partial charge in [-0.1, -0.05) is 18.2 Å². The number of rotatable bonds is 8. The van der Waals surface area contributed by atoms with Crippen molar-refractivity contribution in [1.29, 1.82) is 5.26 Å². The Morgan fingerprint density at radius 3 is 2.27 bits per heavy atom. The maximum absolute atomic E-state index is 12.2. The second-order valence-corrected chi connectivity index (χ2v) is 5.10. The third-order valence-electron chi connectivity index (χ3n) is 3.37. The van der Waals surface area contributed by atoms with E-state index in [4.69, 9.17) is 19.5 Å². The molecule has 0 aliphatic heterocycles. The average molecular weight is 354 g/mol. The third kappa shape index (κ3) is 5.53. The van der Waals surface area contributed by atoms with Gasteiger partial charge in [-0.05, 0) is 36.4 Å². The van der Waals surface area contributed by atoms with Crippen molar-refractivity contribution in [3.8, 4) is 17.6 Å². The summed E-state index contributed by atoms with van der Waals surface area (Å²) >= 11 is 0. The van der Waals surface area contributed by atoms with Crippen LogP contribution >= 0.6 is 0 Å². The number of carbonyl (C=O) groups excluding carboxylic acids is 2. The molecule has 0 atom stereocenters. The molecule has 26 heavy (non-hydrogen) atoms. The van der Waals surface area contributed by atoms with Crippen molar-refractivity contribution in [3.05, 3.63) is 54.6 Å². The normalized spacial score (nSPS) is 9.69.